The molecule has 0 atom stereocenters. The molecule has 0 aliphatic carbocycles. The highest BCUT2D eigenvalue weighted by Gasteiger charge is 2.16. The molecule has 0 bridgehead atoms. The van der Waals surface area contributed by atoms with E-state index >= 15 is 0 Å². The molecule has 0 spiro atoms. The standard InChI is InChI=1S/C9H15N3O2/c1-12-9(13)14-8(11-12)6-7-2-4-10-5-3-7/h7,10H,2-6H2,1H3. The Bertz CT molecular complexity index is 349. The molecule has 2 rings (SSSR count). The summed E-state index contributed by atoms with van der Waals surface area (Å²) in [6.45, 7) is 2.11. The number of nitrogens with one attached hydrogen (secondary N) is 1. The van der Waals surface area contributed by atoms with Crippen molar-refractivity contribution in [3.63, 3.8) is 0 Å². The summed E-state index contributed by atoms with van der Waals surface area (Å²) in [4.78, 5) is 11.0. The van der Waals surface area contributed by atoms with E-state index in [1.807, 2.05) is 0 Å². The summed E-state index contributed by atoms with van der Waals surface area (Å²) in [5, 5.41) is 7.32. The molecule has 78 valence electrons. The van der Waals surface area contributed by atoms with Crippen molar-refractivity contribution in [2.75, 3.05) is 13.1 Å². The SMILES string of the molecule is Cn1nc(CC2CCNCC2)oc1=O. The van der Waals surface area contributed by atoms with Gasteiger partial charge in [-0.15, -0.1) is 5.10 Å². The average molecular weight is 197 g/mol. The molecule has 1 N–H and O–H groups in total. The first-order valence-corrected chi connectivity index (χ1v) is 4.99. The third-order valence-corrected chi connectivity index (χ3v) is 2.65. The first kappa shape index (κ1) is 9.45. The second-order valence-electron chi connectivity index (χ2n) is 3.78. The minimum absolute atomic E-state index is 0.367. The molecule has 14 heavy (non-hydrogen) atoms. The van der Waals surface area contributed by atoms with Crippen LogP contribution in [0.3, 0.4) is 0 Å². The molecule has 1 saturated heterocycles. The second kappa shape index (κ2) is 3.96. The monoisotopic (exact) mass is 197 g/mol. The van der Waals surface area contributed by atoms with Gasteiger partial charge >= 0.3 is 5.76 Å². The van der Waals surface area contributed by atoms with E-state index in [0.717, 1.165) is 32.4 Å². The molecule has 0 amide bonds. The first-order valence-electron chi connectivity index (χ1n) is 4.99. The van der Waals surface area contributed by atoms with E-state index in [-0.39, 0.29) is 5.76 Å². The quantitative estimate of drug-likeness (QED) is 0.720. The fourth-order valence-corrected chi connectivity index (χ4v) is 1.81. The molecule has 5 nitrogen and oxygen atoms in total. The summed E-state index contributed by atoms with van der Waals surface area (Å²) in [5.41, 5.74) is 0. The van der Waals surface area contributed by atoms with E-state index < -0.39 is 0 Å². The molecule has 1 aliphatic rings. The first-order chi connectivity index (χ1) is 6.75. The summed E-state index contributed by atoms with van der Waals surface area (Å²) in [7, 11) is 1.61. The van der Waals surface area contributed by atoms with Gasteiger partial charge in [-0.25, -0.2) is 4.79 Å². The van der Waals surface area contributed by atoms with Crippen molar-refractivity contribution in [1.82, 2.24) is 15.1 Å². The maximum atomic E-state index is 11.0. The molecule has 1 aromatic heterocycles. The highest BCUT2D eigenvalue weighted by atomic mass is 16.4. The van der Waals surface area contributed by atoms with Crippen molar-refractivity contribution < 1.29 is 4.42 Å². The van der Waals surface area contributed by atoms with Crippen LogP contribution in [-0.4, -0.2) is 22.9 Å². The molecule has 0 unspecified atom stereocenters. The van der Waals surface area contributed by atoms with E-state index in [1.165, 1.54) is 4.68 Å². The molecular weight excluding hydrogens is 182 g/mol. The molecule has 2 heterocycles. The lowest BCUT2D eigenvalue weighted by atomic mass is 9.95. The van der Waals surface area contributed by atoms with Gasteiger partial charge < -0.3 is 9.73 Å². The maximum Gasteiger partial charge on any atom is 0.436 e. The van der Waals surface area contributed by atoms with Crippen LogP contribution in [0, 0.1) is 5.92 Å². The van der Waals surface area contributed by atoms with Crippen LogP contribution >= 0.6 is 0 Å². The van der Waals surface area contributed by atoms with Gasteiger partial charge in [0.25, 0.3) is 0 Å². The summed E-state index contributed by atoms with van der Waals surface area (Å²) in [6.07, 6.45) is 3.07. The van der Waals surface area contributed by atoms with Crippen molar-refractivity contribution in [3.05, 3.63) is 16.4 Å². The minimum Gasteiger partial charge on any atom is -0.392 e. The molecule has 1 fully saturated rings. The summed E-state index contributed by atoms with van der Waals surface area (Å²) < 4.78 is 6.24. The van der Waals surface area contributed by atoms with Gasteiger partial charge in [-0.1, -0.05) is 0 Å². The van der Waals surface area contributed by atoms with Gasteiger partial charge in [0.2, 0.25) is 5.89 Å². The van der Waals surface area contributed by atoms with Crippen LogP contribution in [0.4, 0.5) is 0 Å². The third-order valence-electron chi connectivity index (χ3n) is 2.65. The van der Waals surface area contributed by atoms with Crippen LogP contribution in [0.5, 0.6) is 0 Å². The van der Waals surface area contributed by atoms with E-state index in [0.29, 0.717) is 11.8 Å². The molecule has 1 aliphatic heterocycles. The van der Waals surface area contributed by atoms with Crippen LogP contribution in [-0.2, 0) is 13.5 Å². The molecule has 0 radical (unpaired) electrons. The van der Waals surface area contributed by atoms with Crippen LogP contribution in [0.25, 0.3) is 0 Å². The Kier molecular flexibility index (Phi) is 2.67. The number of hydrogen-bond donors (Lipinski definition) is 1. The molecule has 1 aromatic rings. The van der Waals surface area contributed by atoms with Gasteiger partial charge in [0.05, 0.1) is 0 Å². The lowest BCUT2D eigenvalue weighted by Crippen LogP contribution is -2.28. The van der Waals surface area contributed by atoms with Gasteiger partial charge in [-0.3, -0.25) is 0 Å². The number of hydrogen-bond acceptors (Lipinski definition) is 4. The van der Waals surface area contributed by atoms with Crippen molar-refractivity contribution in [3.8, 4) is 0 Å². The van der Waals surface area contributed by atoms with Gasteiger partial charge in [0.1, 0.15) is 0 Å². The Labute approximate surface area is 82.1 Å². The van der Waals surface area contributed by atoms with Crippen LogP contribution in [0.1, 0.15) is 18.7 Å². The molecule has 0 saturated carbocycles. The fourth-order valence-electron chi connectivity index (χ4n) is 1.81. The van der Waals surface area contributed by atoms with Gasteiger partial charge in [0, 0.05) is 13.5 Å². The zero-order valence-electron chi connectivity index (χ0n) is 8.32. The highest BCUT2D eigenvalue weighted by molar-refractivity contribution is 4.81. The van der Waals surface area contributed by atoms with Gasteiger partial charge in [0.15, 0.2) is 0 Å². The Morgan fingerprint density at radius 2 is 2.29 bits per heavy atom. The van der Waals surface area contributed by atoms with Gasteiger partial charge in [-0.05, 0) is 31.8 Å². The van der Waals surface area contributed by atoms with Crippen molar-refractivity contribution in [2.45, 2.75) is 19.3 Å². The topological polar surface area (TPSA) is 60.1 Å². The Balaban J connectivity index is 1.99. The molecule has 5 heteroatoms. The predicted octanol–water partition coefficient (Wildman–Crippen LogP) is -0.0846. The van der Waals surface area contributed by atoms with E-state index in [1.54, 1.807) is 7.05 Å². The Morgan fingerprint density at radius 3 is 2.86 bits per heavy atom. The number of rotatable bonds is 2. The molecular formula is C9H15N3O2. The normalized spacial score (nSPS) is 18.6. The maximum absolute atomic E-state index is 11.0. The lowest BCUT2D eigenvalue weighted by Gasteiger charge is -2.20. The zero-order chi connectivity index (χ0) is 9.97. The second-order valence-corrected chi connectivity index (χ2v) is 3.78. The smallest absolute Gasteiger partial charge is 0.392 e. The summed E-state index contributed by atoms with van der Waals surface area (Å²) in [6, 6.07) is 0. The Morgan fingerprint density at radius 1 is 1.57 bits per heavy atom. The number of piperidine rings is 1. The lowest BCUT2D eigenvalue weighted by molar-refractivity contribution is 0.337. The van der Waals surface area contributed by atoms with Crippen molar-refractivity contribution >= 4 is 0 Å². The van der Waals surface area contributed by atoms with Crippen LogP contribution in [0.15, 0.2) is 9.21 Å². The van der Waals surface area contributed by atoms with E-state index in [9.17, 15) is 4.79 Å². The van der Waals surface area contributed by atoms with Crippen LogP contribution in [0.2, 0.25) is 0 Å². The minimum atomic E-state index is -0.367. The number of nitrogens with zero attached hydrogens (tertiary/aromatic N) is 2. The van der Waals surface area contributed by atoms with E-state index in [2.05, 4.69) is 10.4 Å². The largest absolute Gasteiger partial charge is 0.436 e. The van der Waals surface area contributed by atoms with E-state index in [4.69, 9.17) is 4.42 Å². The Hall–Kier alpha value is -1.10. The number of aryl methyl sites for hydroxylation is 1. The van der Waals surface area contributed by atoms with Crippen molar-refractivity contribution in [2.24, 2.45) is 13.0 Å². The molecule has 0 aromatic carbocycles. The van der Waals surface area contributed by atoms with Gasteiger partial charge in [-0.2, -0.15) is 4.68 Å². The van der Waals surface area contributed by atoms with Crippen molar-refractivity contribution in [1.29, 1.82) is 0 Å². The van der Waals surface area contributed by atoms with Crippen LogP contribution < -0.4 is 11.1 Å². The zero-order valence-corrected chi connectivity index (χ0v) is 8.32. The average Bonchev–Trinajstić information content (AvgIpc) is 2.47. The third kappa shape index (κ3) is 2.04. The number of aromatic nitrogens is 2. The predicted molar refractivity (Wildman–Crippen MR) is 51.0 cm³/mol. The summed E-state index contributed by atoms with van der Waals surface area (Å²) in [5.74, 6) is 0.813. The summed E-state index contributed by atoms with van der Waals surface area (Å²) >= 11 is 0. The fraction of sp³-hybridized carbons (Fsp3) is 0.778. The highest BCUT2D eigenvalue weighted by Crippen LogP contribution is 2.15.